The number of ether oxygens (including phenoxy) is 2. The van der Waals surface area contributed by atoms with Crippen LogP contribution in [0.15, 0.2) is 0 Å². The Morgan fingerprint density at radius 1 is 0.778 bits per heavy atom. The standard InChI is InChI=1S/C27H53N3O5.BrH/c1-6-7-8-9-10-11-12-13-14-15-16-17-20-28-27(33)29-24(23-30(2,3)4)22-26(32)35-21-18-19-25(31)34-5;/h24H,6-23H2,1-5H3,(H-,28,29,33);1H/t24-;/m1./s1. The highest BCUT2D eigenvalue weighted by atomic mass is 79.9. The van der Waals surface area contributed by atoms with Gasteiger partial charge >= 0.3 is 18.0 Å². The molecule has 0 spiro atoms. The number of amides is 2. The van der Waals surface area contributed by atoms with Gasteiger partial charge in [-0.05, 0) is 12.8 Å². The third kappa shape index (κ3) is 25.7. The molecule has 9 heteroatoms. The summed E-state index contributed by atoms with van der Waals surface area (Å²) in [4.78, 5) is 35.7. The van der Waals surface area contributed by atoms with Gasteiger partial charge in [-0.25, -0.2) is 4.79 Å². The van der Waals surface area contributed by atoms with Crippen molar-refractivity contribution in [3.8, 4) is 0 Å². The highest BCUT2D eigenvalue weighted by molar-refractivity contribution is 5.76. The van der Waals surface area contributed by atoms with E-state index in [0.717, 1.165) is 12.8 Å². The SMILES string of the molecule is CCCCCCCCCCCCCCNC(=O)N[C@H](CC(=O)OCCCC(=O)OC)C[N+](C)(C)C.[Br-]. The van der Waals surface area contributed by atoms with Crippen molar-refractivity contribution in [1.82, 2.24) is 10.6 Å². The number of halogens is 1. The average Bonchev–Trinajstić information content (AvgIpc) is 2.78. The van der Waals surface area contributed by atoms with E-state index in [1.165, 1.54) is 71.3 Å². The molecule has 0 aromatic carbocycles. The second kappa shape index (κ2) is 24.0. The number of hydrogen-bond donors (Lipinski definition) is 2. The number of nitrogens with zero attached hydrogens (tertiary/aromatic N) is 1. The molecule has 0 saturated carbocycles. The molecule has 0 aromatic heterocycles. The first-order valence-electron chi connectivity index (χ1n) is 13.7. The van der Waals surface area contributed by atoms with Gasteiger partial charge in [0.2, 0.25) is 0 Å². The van der Waals surface area contributed by atoms with E-state index in [0.29, 0.717) is 24.0 Å². The number of esters is 2. The van der Waals surface area contributed by atoms with E-state index < -0.39 is 0 Å². The lowest BCUT2D eigenvalue weighted by molar-refractivity contribution is -0.871. The Hall–Kier alpha value is -1.35. The molecular formula is C27H54BrN3O5. The Morgan fingerprint density at radius 2 is 1.31 bits per heavy atom. The molecule has 0 aliphatic carbocycles. The number of hydrogen-bond acceptors (Lipinski definition) is 5. The largest absolute Gasteiger partial charge is 1.00 e. The molecule has 0 unspecified atom stereocenters. The summed E-state index contributed by atoms with van der Waals surface area (Å²) in [6.07, 6.45) is 16.1. The van der Waals surface area contributed by atoms with Gasteiger partial charge in [0.05, 0.1) is 53.9 Å². The fourth-order valence-electron chi connectivity index (χ4n) is 3.99. The number of rotatable bonds is 22. The summed E-state index contributed by atoms with van der Waals surface area (Å²) in [5, 5.41) is 5.84. The Morgan fingerprint density at radius 3 is 1.81 bits per heavy atom. The Balaban J connectivity index is 0. The van der Waals surface area contributed by atoms with Crippen LogP contribution in [0.1, 0.15) is 103 Å². The van der Waals surface area contributed by atoms with E-state index in [9.17, 15) is 14.4 Å². The minimum Gasteiger partial charge on any atom is -1.00 e. The fourth-order valence-corrected chi connectivity index (χ4v) is 3.99. The zero-order valence-electron chi connectivity index (χ0n) is 23.7. The maximum absolute atomic E-state index is 12.4. The number of methoxy groups -OCH3 is 1. The Kier molecular flexibility index (Phi) is 24.6. The molecule has 0 aliphatic heterocycles. The predicted octanol–water partition coefficient (Wildman–Crippen LogP) is 1.95. The number of carbonyl (C=O) groups is 3. The molecule has 36 heavy (non-hydrogen) atoms. The number of carbonyl (C=O) groups excluding carboxylic acids is 3. The minimum atomic E-state index is -0.380. The smallest absolute Gasteiger partial charge is 0.315 e. The summed E-state index contributed by atoms with van der Waals surface area (Å²) in [7, 11) is 7.38. The number of unbranched alkanes of at least 4 members (excludes halogenated alkanes) is 11. The van der Waals surface area contributed by atoms with E-state index in [1.807, 2.05) is 21.1 Å². The summed E-state index contributed by atoms with van der Waals surface area (Å²) in [6, 6.07) is -0.574. The van der Waals surface area contributed by atoms with E-state index in [4.69, 9.17) is 4.74 Å². The van der Waals surface area contributed by atoms with Gasteiger partial charge in [-0.3, -0.25) is 9.59 Å². The van der Waals surface area contributed by atoms with Gasteiger partial charge in [-0.1, -0.05) is 77.6 Å². The molecule has 0 radical (unpaired) electrons. The first kappa shape index (κ1) is 36.8. The van der Waals surface area contributed by atoms with Crippen LogP contribution in [0.4, 0.5) is 4.79 Å². The molecule has 2 N–H and O–H groups in total. The summed E-state index contributed by atoms with van der Waals surface area (Å²) < 4.78 is 10.4. The van der Waals surface area contributed by atoms with Crippen molar-refractivity contribution in [2.75, 3.05) is 47.9 Å². The average molecular weight is 581 g/mol. The number of likely N-dealkylation sites (N-methyl/N-ethyl adjacent to an activating group) is 1. The molecule has 2 amide bonds. The molecule has 214 valence electrons. The van der Waals surface area contributed by atoms with Crippen LogP contribution < -0.4 is 27.6 Å². The number of nitrogens with one attached hydrogen (secondary N) is 2. The van der Waals surface area contributed by atoms with E-state index in [-0.39, 0.29) is 60.4 Å². The summed E-state index contributed by atoms with van der Waals surface area (Å²) >= 11 is 0. The van der Waals surface area contributed by atoms with E-state index in [1.54, 1.807) is 0 Å². The maximum atomic E-state index is 12.4. The van der Waals surface area contributed by atoms with E-state index >= 15 is 0 Å². The van der Waals surface area contributed by atoms with Gasteiger partial charge in [0.15, 0.2) is 0 Å². The third-order valence-corrected chi connectivity index (χ3v) is 5.85. The van der Waals surface area contributed by atoms with Crippen LogP contribution in [0.5, 0.6) is 0 Å². The van der Waals surface area contributed by atoms with Crippen LogP contribution in [0.2, 0.25) is 0 Å². The zero-order chi connectivity index (χ0) is 26.4. The molecule has 0 fully saturated rings. The third-order valence-electron chi connectivity index (χ3n) is 5.85. The predicted molar refractivity (Wildman–Crippen MR) is 141 cm³/mol. The molecular weight excluding hydrogens is 526 g/mol. The molecule has 0 saturated heterocycles. The van der Waals surface area contributed by atoms with Crippen LogP contribution in [0, 0.1) is 0 Å². The van der Waals surface area contributed by atoms with Gasteiger partial charge in [0, 0.05) is 13.0 Å². The lowest BCUT2D eigenvalue weighted by Gasteiger charge is -2.29. The van der Waals surface area contributed by atoms with Gasteiger partial charge in [-0.2, -0.15) is 0 Å². The molecule has 8 nitrogen and oxygen atoms in total. The van der Waals surface area contributed by atoms with Crippen LogP contribution in [0.25, 0.3) is 0 Å². The number of quaternary nitrogens is 1. The lowest BCUT2D eigenvalue weighted by atomic mass is 10.1. The Bertz CT molecular complexity index is 570. The zero-order valence-corrected chi connectivity index (χ0v) is 25.3. The molecule has 0 aromatic rings. The molecule has 0 heterocycles. The van der Waals surface area contributed by atoms with Crippen molar-refractivity contribution < 1.29 is 45.3 Å². The van der Waals surface area contributed by atoms with Crippen molar-refractivity contribution in [2.45, 2.75) is 109 Å². The number of urea groups is 1. The second-order valence-corrected chi connectivity index (χ2v) is 10.6. The highest BCUT2D eigenvalue weighted by Gasteiger charge is 2.23. The van der Waals surface area contributed by atoms with Crippen molar-refractivity contribution in [3.63, 3.8) is 0 Å². The molecule has 0 bridgehead atoms. The normalized spacial score (nSPS) is 11.8. The van der Waals surface area contributed by atoms with Crippen molar-refractivity contribution >= 4 is 18.0 Å². The summed E-state index contributed by atoms with van der Waals surface area (Å²) in [6.45, 7) is 3.65. The summed E-state index contributed by atoms with van der Waals surface area (Å²) in [5.41, 5.74) is 0. The van der Waals surface area contributed by atoms with Crippen LogP contribution in [-0.2, 0) is 19.1 Å². The van der Waals surface area contributed by atoms with Crippen molar-refractivity contribution in [2.24, 2.45) is 0 Å². The monoisotopic (exact) mass is 579 g/mol. The topological polar surface area (TPSA) is 93.7 Å². The van der Waals surface area contributed by atoms with Gasteiger partial charge in [-0.15, -0.1) is 0 Å². The van der Waals surface area contributed by atoms with Crippen molar-refractivity contribution in [1.29, 1.82) is 0 Å². The molecule has 1 atom stereocenters. The Labute approximate surface area is 231 Å². The first-order valence-corrected chi connectivity index (χ1v) is 13.7. The van der Waals surface area contributed by atoms with Crippen LogP contribution >= 0.6 is 0 Å². The van der Waals surface area contributed by atoms with Gasteiger partial charge < -0.3 is 41.6 Å². The van der Waals surface area contributed by atoms with Gasteiger partial charge in [0.1, 0.15) is 0 Å². The van der Waals surface area contributed by atoms with Crippen molar-refractivity contribution in [3.05, 3.63) is 0 Å². The molecule has 0 aliphatic rings. The minimum absolute atomic E-state index is 0. The second-order valence-electron chi connectivity index (χ2n) is 10.6. The van der Waals surface area contributed by atoms with E-state index in [2.05, 4.69) is 22.3 Å². The molecule has 0 rings (SSSR count). The van der Waals surface area contributed by atoms with Crippen LogP contribution in [-0.4, -0.2) is 76.4 Å². The maximum Gasteiger partial charge on any atom is 0.315 e. The lowest BCUT2D eigenvalue weighted by Crippen LogP contribution is -3.00. The van der Waals surface area contributed by atoms with Gasteiger partial charge in [0.25, 0.3) is 0 Å². The quantitative estimate of drug-likeness (QED) is 0.116. The fraction of sp³-hybridized carbons (Fsp3) is 0.889. The first-order chi connectivity index (χ1) is 16.7. The van der Waals surface area contributed by atoms with Crippen LogP contribution in [0.3, 0.4) is 0 Å². The highest BCUT2D eigenvalue weighted by Crippen LogP contribution is 2.11. The summed E-state index contributed by atoms with van der Waals surface area (Å²) in [5.74, 6) is -0.704.